The summed E-state index contributed by atoms with van der Waals surface area (Å²) in [6.07, 6.45) is 7.52. The first-order chi connectivity index (χ1) is 17.9. The van der Waals surface area contributed by atoms with Crippen LogP contribution in [-0.2, 0) is 13.6 Å². The van der Waals surface area contributed by atoms with Crippen molar-refractivity contribution < 1.29 is 9.18 Å². The minimum atomic E-state index is -0.346. The molecule has 0 unspecified atom stereocenters. The van der Waals surface area contributed by atoms with E-state index in [2.05, 4.69) is 15.1 Å². The molecular weight excluding hydrogens is 487 g/mol. The Balaban J connectivity index is 1.42. The van der Waals surface area contributed by atoms with Gasteiger partial charge in [-0.05, 0) is 61.1 Å². The third kappa shape index (κ3) is 4.29. The van der Waals surface area contributed by atoms with E-state index >= 15 is 0 Å². The third-order valence-corrected chi connectivity index (χ3v) is 7.59. The monoisotopic (exact) mass is 512 g/mol. The number of aryl methyl sites for hydroxylation is 1. The topological polar surface area (TPSA) is 89.9 Å². The average Bonchev–Trinajstić information content (AvgIpc) is 3.69. The predicted octanol–water partition coefficient (Wildman–Crippen LogP) is 5.68. The number of amides is 1. The quantitative estimate of drug-likeness (QED) is 0.294. The molecule has 1 saturated carbocycles. The molecule has 2 N–H and O–H groups in total. The van der Waals surface area contributed by atoms with Crippen LogP contribution in [-0.4, -0.2) is 31.9 Å². The first kappa shape index (κ1) is 23.4. The molecule has 0 bridgehead atoms. The van der Waals surface area contributed by atoms with Crippen LogP contribution < -0.4 is 10.6 Å². The number of nitrogen functional groups attached to an aromatic ring is 1. The van der Waals surface area contributed by atoms with Crippen molar-refractivity contribution in [2.75, 3.05) is 16.9 Å². The number of aromatic nitrogens is 4. The van der Waals surface area contributed by atoms with Gasteiger partial charge in [-0.2, -0.15) is 5.10 Å². The minimum absolute atomic E-state index is 0.202. The van der Waals surface area contributed by atoms with E-state index in [1.54, 1.807) is 28.0 Å². The van der Waals surface area contributed by atoms with Crippen molar-refractivity contribution in [1.82, 2.24) is 19.7 Å². The second kappa shape index (κ2) is 9.15. The molecule has 6 rings (SSSR count). The van der Waals surface area contributed by atoms with Gasteiger partial charge in [0.15, 0.2) is 0 Å². The number of nitrogens with zero attached hydrogens (tertiary/aromatic N) is 5. The van der Waals surface area contributed by atoms with Gasteiger partial charge in [0.1, 0.15) is 11.6 Å². The summed E-state index contributed by atoms with van der Waals surface area (Å²) >= 11 is 1.40. The molecule has 37 heavy (non-hydrogen) atoms. The molecule has 0 saturated heterocycles. The molecule has 1 aliphatic rings. The van der Waals surface area contributed by atoms with E-state index in [0.29, 0.717) is 27.9 Å². The molecule has 3 aromatic heterocycles. The van der Waals surface area contributed by atoms with E-state index < -0.39 is 0 Å². The first-order valence-electron chi connectivity index (χ1n) is 12.0. The lowest BCUT2D eigenvalue weighted by molar-refractivity contribution is 0.0984. The molecule has 9 heteroatoms. The zero-order valence-corrected chi connectivity index (χ0v) is 21.3. The van der Waals surface area contributed by atoms with Crippen molar-refractivity contribution in [2.45, 2.75) is 30.2 Å². The Bertz CT molecular complexity index is 1660. The number of carbonyl (C=O) groups is 1. The summed E-state index contributed by atoms with van der Waals surface area (Å²) in [4.78, 5) is 25.3. The first-order valence-corrected chi connectivity index (χ1v) is 13.3. The third-order valence-electron chi connectivity index (χ3n) is 6.82. The molecule has 1 fully saturated rings. The van der Waals surface area contributed by atoms with Gasteiger partial charge in [0, 0.05) is 35.1 Å². The summed E-state index contributed by atoms with van der Waals surface area (Å²) in [6, 6.07) is 14.2. The van der Waals surface area contributed by atoms with Gasteiger partial charge in [0.05, 0.1) is 40.4 Å². The molecule has 186 valence electrons. The number of anilines is 2. The maximum Gasteiger partial charge on any atom is 0.260 e. The number of rotatable bonds is 6. The number of hydrogen-bond acceptors (Lipinski definition) is 6. The van der Waals surface area contributed by atoms with Gasteiger partial charge in [-0.15, -0.1) is 11.8 Å². The molecular formula is C28H25FN6OS. The zero-order valence-electron chi connectivity index (χ0n) is 20.5. The van der Waals surface area contributed by atoms with Crippen LogP contribution in [0.3, 0.4) is 0 Å². The van der Waals surface area contributed by atoms with Crippen LogP contribution in [0.25, 0.3) is 21.8 Å². The SMILES string of the molecule is CSc1cc(F)ccc1N(Cc1ccc2c(c1)nc(N)c1cnn(C)c12)C(=O)c1ccc(C2CC2)nc1. The Labute approximate surface area is 217 Å². The second-order valence-electron chi connectivity index (χ2n) is 9.33. The van der Waals surface area contributed by atoms with Crippen molar-refractivity contribution in [3.8, 4) is 0 Å². The van der Waals surface area contributed by atoms with Gasteiger partial charge in [0.25, 0.3) is 5.91 Å². The number of halogens is 1. The molecule has 1 aliphatic carbocycles. The summed E-state index contributed by atoms with van der Waals surface area (Å²) in [5.41, 5.74) is 10.9. The van der Waals surface area contributed by atoms with E-state index in [-0.39, 0.29) is 18.3 Å². The van der Waals surface area contributed by atoms with Gasteiger partial charge in [0.2, 0.25) is 0 Å². The standard InChI is InChI=1S/C28H25FN6OS/c1-34-26-20-8-3-16(11-23(20)33-27(30)21(26)14-32-34)15-35(24-10-7-19(29)12-25(24)37-2)28(36)18-6-9-22(31-13-18)17-4-5-17/h3,6-14,17H,4-5,15H2,1-2H3,(H2,30,33). The number of nitrogens with two attached hydrogens (primary N) is 1. The Morgan fingerprint density at radius 2 is 1.97 bits per heavy atom. The van der Waals surface area contributed by atoms with Crippen molar-refractivity contribution >= 4 is 51.0 Å². The van der Waals surface area contributed by atoms with Crippen LogP contribution in [0.2, 0.25) is 0 Å². The highest BCUT2D eigenvalue weighted by Crippen LogP contribution is 2.39. The van der Waals surface area contributed by atoms with E-state index in [1.165, 1.54) is 23.9 Å². The molecule has 0 spiro atoms. The molecule has 0 atom stereocenters. The summed E-state index contributed by atoms with van der Waals surface area (Å²) < 4.78 is 15.9. The molecule has 2 aromatic carbocycles. The van der Waals surface area contributed by atoms with Crippen molar-refractivity contribution in [1.29, 1.82) is 0 Å². The van der Waals surface area contributed by atoms with Gasteiger partial charge in [-0.25, -0.2) is 9.37 Å². The van der Waals surface area contributed by atoms with E-state index in [1.807, 2.05) is 43.6 Å². The molecule has 0 aliphatic heterocycles. The highest BCUT2D eigenvalue weighted by Gasteiger charge is 2.26. The number of hydrogen-bond donors (Lipinski definition) is 1. The van der Waals surface area contributed by atoms with Gasteiger partial charge in [-0.3, -0.25) is 14.5 Å². The average molecular weight is 513 g/mol. The Hall–Kier alpha value is -3.98. The maximum atomic E-state index is 14.1. The van der Waals surface area contributed by atoms with Gasteiger partial charge >= 0.3 is 0 Å². The van der Waals surface area contributed by atoms with E-state index in [4.69, 9.17) is 5.73 Å². The Morgan fingerprint density at radius 3 is 2.70 bits per heavy atom. The fourth-order valence-corrected chi connectivity index (χ4v) is 5.35. The smallest absolute Gasteiger partial charge is 0.260 e. The maximum absolute atomic E-state index is 14.1. The summed E-state index contributed by atoms with van der Waals surface area (Å²) in [5, 5.41) is 6.06. The normalized spacial score (nSPS) is 13.4. The summed E-state index contributed by atoms with van der Waals surface area (Å²) in [6.45, 7) is 0.267. The Morgan fingerprint density at radius 1 is 1.14 bits per heavy atom. The lowest BCUT2D eigenvalue weighted by Crippen LogP contribution is -2.31. The summed E-state index contributed by atoms with van der Waals surface area (Å²) in [5.74, 6) is 0.363. The Kier molecular flexibility index (Phi) is 5.79. The van der Waals surface area contributed by atoms with E-state index in [9.17, 15) is 9.18 Å². The summed E-state index contributed by atoms with van der Waals surface area (Å²) in [7, 11) is 1.87. The number of thioether (sulfide) groups is 1. The predicted molar refractivity (Wildman–Crippen MR) is 145 cm³/mol. The lowest BCUT2D eigenvalue weighted by atomic mass is 10.1. The van der Waals surface area contributed by atoms with Crippen molar-refractivity contribution in [2.24, 2.45) is 7.05 Å². The number of fused-ring (bicyclic) bond motifs is 3. The van der Waals surface area contributed by atoms with Crippen LogP contribution in [0.1, 0.15) is 40.4 Å². The zero-order chi connectivity index (χ0) is 25.7. The highest BCUT2D eigenvalue weighted by atomic mass is 32.2. The largest absolute Gasteiger partial charge is 0.383 e. The highest BCUT2D eigenvalue weighted by molar-refractivity contribution is 7.98. The van der Waals surface area contributed by atoms with Crippen LogP contribution in [0.5, 0.6) is 0 Å². The second-order valence-corrected chi connectivity index (χ2v) is 10.2. The van der Waals surface area contributed by atoms with Crippen LogP contribution >= 0.6 is 11.8 Å². The van der Waals surface area contributed by atoms with Gasteiger partial charge in [-0.1, -0.05) is 12.1 Å². The van der Waals surface area contributed by atoms with Crippen LogP contribution in [0, 0.1) is 5.82 Å². The van der Waals surface area contributed by atoms with Crippen LogP contribution in [0.4, 0.5) is 15.9 Å². The minimum Gasteiger partial charge on any atom is -0.383 e. The molecule has 3 heterocycles. The molecule has 7 nitrogen and oxygen atoms in total. The van der Waals surface area contributed by atoms with Crippen molar-refractivity contribution in [3.63, 3.8) is 0 Å². The molecule has 5 aromatic rings. The molecule has 0 radical (unpaired) electrons. The lowest BCUT2D eigenvalue weighted by Gasteiger charge is -2.25. The van der Waals surface area contributed by atoms with Crippen molar-refractivity contribution in [3.05, 3.63) is 83.6 Å². The number of carbonyl (C=O) groups excluding carboxylic acids is 1. The number of benzene rings is 2. The fraction of sp³-hybridized carbons (Fsp3) is 0.214. The van der Waals surface area contributed by atoms with Gasteiger partial charge < -0.3 is 10.6 Å². The molecule has 1 amide bonds. The fourth-order valence-electron chi connectivity index (χ4n) is 4.73. The van der Waals surface area contributed by atoms with E-state index in [0.717, 1.165) is 45.9 Å². The number of pyridine rings is 2. The van der Waals surface area contributed by atoms with Crippen LogP contribution in [0.15, 0.2) is 65.8 Å².